The maximum Gasteiger partial charge on any atom is 0.208 e. The highest BCUT2D eigenvalue weighted by Crippen LogP contribution is 2.12. The standard InChI is InChI=1S/C11H24N4O2/c1-9(8-16-2)13-11(14-12)15-6-4-10(17-3)5-7-15/h9-10H,4-8,12H2,1-3H3,(H,13,14). The molecule has 6 heteroatoms. The van der Waals surface area contributed by atoms with Crippen LogP contribution in [0, 0.1) is 0 Å². The summed E-state index contributed by atoms with van der Waals surface area (Å²) in [5.74, 6) is 6.26. The van der Waals surface area contributed by atoms with Crippen molar-refractivity contribution in [2.45, 2.75) is 31.9 Å². The van der Waals surface area contributed by atoms with Gasteiger partial charge in [-0.3, -0.25) is 5.43 Å². The Kier molecular flexibility index (Phi) is 6.25. The van der Waals surface area contributed by atoms with Gasteiger partial charge < -0.3 is 14.4 Å². The number of hydrazine groups is 1. The van der Waals surface area contributed by atoms with Gasteiger partial charge in [-0.2, -0.15) is 0 Å². The molecule has 0 radical (unpaired) electrons. The van der Waals surface area contributed by atoms with Gasteiger partial charge >= 0.3 is 0 Å². The normalized spacial score (nSPS) is 20.5. The molecule has 0 saturated carbocycles. The summed E-state index contributed by atoms with van der Waals surface area (Å²) in [5, 5.41) is 0. The lowest BCUT2D eigenvalue weighted by Gasteiger charge is -2.33. The van der Waals surface area contributed by atoms with Gasteiger partial charge in [0.25, 0.3) is 0 Å². The monoisotopic (exact) mass is 244 g/mol. The summed E-state index contributed by atoms with van der Waals surface area (Å²) in [6, 6.07) is 0.103. The Morgan fingerprint density at radius 1 is 1.47 bits per heavy atom. The van der Waals surface area contributed by atoms with Crippen LogP contribution in [0.25, 0.3) is 0 Å². The Hall–Kier alpha value is -0.850. The van der Waals surface area contributed by atoms with Crippen LogP contribution in [0.3, 0.4) is 0 Å². The molecule has 0 aromatic heterocycles. The molecule has 1 atom stereocenters. The number of hydrogen-bond donors (Lipinski definition) is 2. The van der Waals surface area contributed by atoms with Gasteiger partial charge in [-0.05, 0) is 19.8 Å². The lowest BCUT2D eigenvalue weighted by Crippen LogP contribution is -2.49. The number of nitrogens with zero attached hydrogens (tertiary/aromatic N) is 2. The number of nitrogens with two attached hydrogens (primary N) is 1. The number of methoxy groups -OCH3 is 2. The minimum Gasteiger partial charge on any atom is -0.382 e. The molecular weight excluding hydrogens is 220 g/mol. The van der Waals surface area contributed by atoms with Crippen LogP contribution in [-0.4, -0.2) is 56.9 Å². The van der Waals surface area contributed by atoms with E-state index in [1.807, 2.05) is 6.92 Å². The van der Waals surface area contributed by atoms with E-state index in [1.54, 1.807) is 14.2 Å². The second-order valence-corrected chi connectivity index (χ2v) is 4.32. The molecule has 1 fully saturated rings. The minimum absolute atomic E-state index is 0.103. The van der Waals surface area contributed by atoms with Crippen molar-refractivity contribution in [1.82, 2.24) is 10.3 Å². The average molecular weight is 244 g/mol. The van der Waals surface area contributed by atoms with E-state index in [9.17, 15) is 0 Å². The Morgan fingerprint density at radius 3 is 2.59 bits per heavy atom. The Balaban J connectivity index is 2.50. The maximum absolute atomic E-state index is 5.52. The van der Waals surface area contributed by atoms with Crippen molar-refractivity contribution < 1.29 is 9.47 Å². The molecule has 0 bridgehead atoms. The fourth-order valence-electron chi connectivity index (χ4n) is 2.00. The Labute approximate surface area is 103 Å². The summed E-state index contributed by atoms with van der Waals surface area (Å²) in [7, 11) is 3.43. The first kappa shape index (κ1) is 14.2. The third-order valence-corrected chi connectivity index (χ3v) is 2.95. The van der Waals surface area contributed by atoms with E-state index in [-0.39, 0.29) is 6.04 Å². The van der Waals surface area contributed by atoms with Crippen LogP contribution < -0.4 is 11.3 Å². The molecule has 0 aromatic rings. The van der Waals surface area contributed by atoms with Gasteiger partial charge in [0.15, 0.2) is 0 Å². The van der Waals surface area contributed by atoms with E-state index < -0.39 is 0 Å². The molecule has 1 aliphatic heterocycles. The van der Waals surface area contributed by atoms with Gasteiger partial charge in [0.05, 0.1) is 18.8 Å². The van der Waals surface area contributed by atoms with Crippen molar-refractivity contribution in [1.29, 1.82) is 0 Å². The van der Waals surface area contributed by atoms with Gasteiger partial charge in [-0.15, -0.1) is 0 Å². The fourth-order valence-corrected chi connectivity index (χ4v) is 2.00. The van der Waals surface area contributed by atoms with Crippen LogP contribution >= 0.6 is 0 Å². The predicted molar refractivity (Wildman–Crippen MR) is 67.7 cm³/mol. The molecule has 6 nitrogen and oxygen atoms in total. The first-order valence-electron chi connectivity index (χ1n) is 6.02. The van der Waals surface area contributed by atoms with Crippen LogP contribution in [0.5, 0.6) is 0 Å². The number of aliphatic imine (C=N–C) groups is 1. The number of guanidine groups is 1. The molecule has 3 N–H and O–H groups in total. The maximum atomic E-state index is 5.52. The summed E-state index contributed by atoms with van der Waals surface area (Å²) in [6.45, 7) is 4.44. The summed E-state index contributed by atoms with van der Waals surface area (Å²) in [5.41, 5.74) is 2.67. The van der Waals surface area contributed by atoms with E-state index in [4.69, 9.17) is 15.3 Å². The molecule has 1 unspecified atom stereocenters. The minimum atomic E-state index is 0.103. The predicted octanol–water partition coefficient (Wildman–Crippen LogP) is -0.0486. The van der Waals surface area contributed by atoms with Crippen molar-refractivity contribution in [3.63, 3.8) is 0 Å². The molecule has 1 rings (SSSR count). The fraction of sp³-hybridized carbons (Fsp3) is 0.909. The lowest BCUT2D eigenvalue weighted by atomic mass is 10.1. The Morgan fingerprint density at radius 2 is 2.12 bits per heavy atom. The van der Waals surface area contributed by atoms with Gasteiger partial charge in [0.1, 0.15) is 0 Å². The van der Waals surface area contributed by atoms with Crippen molar-refractivity contribution in [3.05, 3.63) is 0 Å². The second kappa shape index (κ2) is 7.47. The number of likely N-dealkylation sites (tertiary alicyclic amines) is 1. The number of hydrogen-bond acceptors (Lipinski definition) is 4. The van der Waals surface area contributed by atoms with E-state index in [1.165, 1.54) is 0 Å². The van der Waals surface area contributed by atoms with Gasteiger partial charge in [-0.1, -0.05) is 0 Å². The van der Waals surface area contributed by atoms with Crippen molar-refractivity contribution in [2.75, 3.05) is 33.9 Å². The molecule has 100 valence electrons. The van der Waals surface area contributed by atoms with E-state index in [0.29, 0.717) is 12.7 Å². The van der Waals surface area contributed by atoms with Gasteiger partial charge in [0, 0.05) is 27.3 Å². The molecule has 1 saturated heterocycles. The van der Waals surface area contributed by atoms with Crippen LogP contribution in [0.15, 0.2) is 4.99 Å². The first-order chi connectivity index (χ1) is 8.21. The summed E-state index contributed by atoms with van der Waals surface area (Å²) < 4.78 is 10.4. The highest BCUT2D eigenvalue weighted by molar-refractivity contribution is 5.79. The van der Waals surface area contributed by atoms with Crippen LogP contribution in [0.4, 0.5) is 0 Å². The smallest absolute Gasteiger partial charge is 0.208 e. The topological polar surface area (TPSA) is 72.1 Å². The number of rotatable bonds is 4. The number of ether oxygens (including phenoxy) is 2. The molecule has 17 heavy (non-hydrogen) atoms. The quantitative estimate of drug-likeness (QED) is 0.314. The molecule has 1 heterocycles. The zero-order valence-corrected chi connectivity index (χ0v) is 11.0. The van der Waals surface area contributed by atoms with Crippen LogP contribution in [-0.2, 0) is 9.47 Å². The van der Waals surface area contributed by atoms with Crippen molar-refractivity contribution >= 4 is 5.96 Å². The number of piperidine rings is 1. The van der Waals surface area contributed by atoms with Crippen LogP contribution in [0.2, 0.25) is 0 Å². The first-order valence-corrected chi connectivity index (χ1v) is 6.02. The molecule has 0 amide bonds. The van der Waals surface area contributed by atoms with Crippen molar-refractivity contribution in [3.8, 4) is 0 Å². The third-order valence-electron chi connectivity index (χ3n) is 2.95. The lowest BCUT2D eigenvalue weighted by molar-refractivity contribution is 0.0569. The largest absolute Gasteiger partial charge is 0.382 e. The molecule has 0 aliphatic carbocycles. The van der Waals surface area contributed by atoms with E-state index in [2.05, 4.69) is 15.3 Å². The highest BCUT2D eigenvalue weighted by Gasteiger charge is 2.21. The summed E-state index contributed by atoms with van der Waals surface area (Å²) in [4.78, 5) is 6.65. The molecule has 0 spiro atoms. The van der Waals surface area contributed by atoms with E-state index >= 15 is 0 Å². The summed E-state index contributed by atoms with van der Waals surface area (Å²) in [6.07, 6.45) is 2.38. The molecule has 1 aliphatic rings. The second-order valence-electron chi connectivity index (χ2n) is 4.32. The molecule has 0 aromatic carbocycles. The highest BCUT2D eigenvalue weighted by atomic mass is 16.5. The van der Waals surface area contributed by atoms with Crippen molar-refractivity contribution in [2.24, 2.45) is 10.8 Å². The Bertz CT molecular complexity index is 240. The summed E-state index contributed by atoms with van der Waals surface area (Å²) >= 11 is 0. The van der Waals surface area contributed by atoms with Gasteiger partial charge in [-0.25, -0.2) is 10.8 Å². The zero-order valence-electron chi connectivity index (χ0n) is 11.0. The average Bonchev–Trinajstić information content (AvgIpc) is 2.36. The van der Waals surface area contributed by atoms with Crippen LogP contribution in [0.1, 0.15) is 19.8 Å². The zero-order chi connectivity index (χ0) is 12.7. The molecular formula is C11H24N4O2. The van der Waals surface area contributed by atoms with Gasteiger partial charge in [0.2, 0.25) is 5.96 Å². The third kappa shape index (κ3) is 4.49. The van der Waals surface area contributed by atoms with E-state index in [0.717, 1.165) is 31.9 Å². The number of nitrogens with one attached hydrogen (secondary N) is 1. The SMILES string of the molecule is COCC(C)N=C(NN)N1CCC(OC)CC1.